The highest BCUT2D eigenvalue weighted by Crippen LogP contribution is 2.27. The van der Waals surface area contributed by atoms with E-state index < -0.39 is 29.3 Å². The SMILES string of the molecule is CC(C)(C)C(=O)C1CCC(Cl)C(C(F)F)N1. The van der Waals surface area contributed by atoms with Gasteiger partial charge in [0.1, 0.15) is 0 Å². The lowest BCUT2D eigenvalue weighted by Crippen LogP contribution is -2.56. The number of carbonyl (C=O) groups is 1. The van der Waals surface area contributed by atoms with Gasteiger partial charge < -0.3 is 0 Å². The standard InChI is InChI=1S/C11H18ClF2NO/c1-11(2,3)9(16)7-5-4-6(12)8(15-7)10(13)14/h6-8,10,15H,4-5H2,1-3H3. The van der Waals surface area contributed by atoms with Gasteiger partial charge in [0.15, 0.2) is 5.78 Å². The summed E-state index contributed by atoms with van der Waals surface area (Å²) in [4.78, 5) is 11.9. The smallest absolute Gasteiger partial charge is 0.255 e. The topological polar surface area (TPSA) is 29.1 Å². The highest BCUT2D eigenvalue weighted by atomic mass is 35.5. The Morgan fingerprint density at radius 2 is 1.94 bits per heavy atom. The van der Waals surface area contributed by atoms with Crippen molar-refractivity contribution < 1.29 is 13.6 Å². The first-order chi connectivity index (χ1) is 7.23. The number of ketones is 1. The van der Waals surface area contributed by atoms with Gasteiger partial charge in [-0.3, -0.25) is 10.1 Å². The van der Waals surface area contributed by atoms with Gasteiger partial charge in [0.05, 0.1) is 17.5 Å². The third kappa shape index (κ3) is 3.14. The lowest BCUT2D eigenvalue weighted by Gasteiger charge is -2.35. The molecule has 0 aromatic carbocycles. The van der Waals surface area contributed by atoms with E-state index in [1.54, 1.807) is 20.8 Å². The van der Waals surface area contributed by atoms with Crippen LogP contribution in [-0.2, 0) is 4.79 Å². The number of Topliss-reactive ketones (excluding diaryl/α,β-unsaturated/α-hetero) is 1. The average Bonchev–Trinajstić information content (AvgIpc) is 2.15. The van der Waals surface area contributed by atoms with Crippen LogP contribution >= 0.6 is 11.6 Å². The first kappa shape index (κ1) is 13.8. The molecule has 1 fully saturated rings. The van der Waals surface area contributed by atoms with Crippen LogP contribution in [0.25, 0.3) is 0 Å². The predicted molar refractivity (Wildman–Crippen MR) is 60.1 cm³/mol. The Bertz CT molecular complexity index is 265. The normalized spacial score (nSPS) is 31.8. The van der Waals surface area contributed by atoms with Crippen molar-refractivity contribution in [3.05, 3.63) is 0 Å². The van der Waals surface area contributed by atoms with Gasteiger partial charge in [-0.15, -0.1) is 11.6 Å². The van der Waals surface area contributed by atoms with E-state index in [4.69, 9.17) is 11.6 Å². The highest BCUT2D eigenvalue weighted by Gasteiger charge is 2.39. The van der Waals surface area contributed by atoms with Crippen LogP contribution in [0.3, 0.4) is 0 Å². The number of halogens is 3. The molecule has 0 saturated carbocycles. The maximum Gasteiger partial charge on any atom is 0.255 e. The summed E-state index contributed by atoms with van der Waals surface area (Å²) in [6.07, 6.45) is -1.54. The molecule has 3 unspecified atom stereocenters. The second kappa shape index (κ2) is 4.96. The lowest BCUT2D eigenvalue weighted by atomic mass is 9.82. The van der Waals surface area contributed by atoms with Crippen LogP contribution in [0.2, 0.25) is 0 Å². The van der Waals surface area contributed by atoms with E-state index in [2.05, 4.69) is 5.32 Å². The predicted octanol–water partition coefficient (Wildman–Crippen LogP) is 2.59. The van der Waals surface area contributed by atoms with E-state index >= 15 is 0 Å². The second-order valence-electron chi connectivity index (χ2n) is 5.29. The van der Waals surface area contributed by atoms with Gasteiger partial charge >= 0.3 is 0 Å². The number of piperidine rings is 1. The summed E-state index contributed by atoms with van der Waals surface area (Å²) >= 11 is 5.81. The largest absolute Gasteiger partial charge is 0.298 e. The van der Waals surface area contributed by atoms with Gasteiger partial charge in [0.25, 0.3) is 6.43 Å². The molecule has 2 nitrogen and oxygen atoms in total. The summed E-state index contributed by atoms with van der Waals surface area (Å²) in [5, 5.41) is 2.08. The molecule has 1 aliphatic heterocycles. The van der Waals surface area contributed by atoms with Crippen molar-refractivity contribution in [2.75, 3.05) is 0 Å². The van der Waals surface area contributed by atoms with Gasteiger partial charge in [-0.1, -0.05) is 20.8 Å². The maximum atomic E-state index is 12.6. The monoisotopic (exact) mass is 253 g/mol. The van der Waals surface area contributed by atoms with Crippen LogP contribution in [-0.4, -0.2) is 29.7 Å². The van der Waals surface area contributed by atoms with Crippen molar-refractivity contribution in [3.63, 3.8) is 0 Å². The van der Waals surface area contributed by atoms with Crippen LogP contribution in [0.4, 0.5) is 8.78 Å². The molecule has 0 bridgehead atoms. The molecule has 0 amide bonds. The Kier molecular flexibility index (Phi) is 4.29. The van der Waals surface area contributed by atoms with E-state index in [1.165, 1.54) is 0 Å². The average molecular weight is 254 g/mol. The molecular weight excluding hydrogens is 236 g/mol. The summed E-state index contributed by atoms with van der Waals surface area (Å²) in [7, 11) is 0. The molecule has 0 aromatic heterocycles. The molecule has 1 saturated heterocycles. The minimum atomic E-state index is -2.53. The van der Waals surface area contributed by atoms with E-state index in [0.717, 1.165) is 0 Å². The third-order valence-electron chi connectivity index (χ3n) is 2.84. The number of alkyl halides is 3. The molecule has 94 valence electrons. The molecule has 5 heteroatoms. The number of carbonyl (C=O) groups excluding carboxylic acids is 1. The number of rotatable bonds is 2. The van der Waals surface area contributed by atoms with Gasteiger partial charge in [-0.05, 0) is 12.8 Å². The van der Waals surface area contributed by atoms with E-state index in [1.807, 2.05) is 0 Å². The molecule has 0 spiro atoms. The van der Waals surface area contributed by atoms with Gasteiger partial charge in [-0.25, -0.2) is 8.78 Å². The molecule has 0 radical (unpaired) electrons. The zero-order valence-electron chi connectivity index (χ0n) is 9.77. The lowest BCUT2D eigenvalue weighted by molar-refractivity contribution is -0.129. The number of hydrogen-bond donors (Lipinski definition) is 1. The van der Waals surface area contributed by atoms with Crippen molar-refractivity contribution >= 4 is 17.4 Å². The Morgan fingerprint density at radius 3 is 2.38 bits per heavy atom. The van der Waals surface area contributed by atoms with Crippen molar-refractivity contribution in [1.29, 1.82) is 0 Å². The van der Waals surface area contributed by atoms with Crippen molar-refractivity contribution in [2.45, 2.75) is 57.5 Å². The van der Waals surface area contributed by atoms with Crippen LogP contribution in [0.5, 0.6) is 0 Å². The number of hydrogen-bond acceptors (Lipinski definition) is 2. The Morgan fingerprint density at radius 1 is 1.38 bits per heavy atom. The summed E-state index contributed by atoms with van der Waals surface area (Å²) in [6, 6.07) is -1.57. The molecule has 1 heterocycles. The summed E-state index contributed by atoms with van der Waals surface area (Å²) in [5.41, 5.74) is -0.510. The molecule has 1 N–H and O–H groups in total. The summed E-state index contributed by atoms with van der Waals surface area (Å²) < 4.78 is 25.3. The molecule has 1 aliphatic rings. The Balaban J connectivity index is 2.69. The van der Waals surface area contributed by atoms with E-state index in [-0.39, 0.29) is 5.78 Å². The quantitative estimate of drug-likeness (QED) is 0.767. The molecule has 0 aromatic rings. The molecule has 0 aliphatic carbocycles. The fourth-order valence-electron chi connectivity index (χ4n) is 1.89. The van der Waals surface area contributed by atoms with Crippen LogP contribution in [0, 0.1) is 5.41 Å². The van der Waals surface area contributed by atoms with Crippen molar-refractivity contribution in [3.8, 4) is 0 Å². The Hall–Kier alpha value is -0.220. The highest BCUT2D eigenvalue weighted by molar-refractivity contribution is 6.21. The first-order valence-corrected chi connectivity index (χ1v) is 5.89. The molecule has 3 atom stereocenters. The summed E-state index contributed by atoms with van der Waals surface area (Å²) in [5.74, 6) is -0.0262. The fourth-order valence-corrected chi connectivity index (χ4v) is 2.19. The van der Waals surface area contributed by atoms with Gasteiger partial charge in [0.2, 0.25) is 0 Å². The second-order valence-corrected chi connectivity index (χ2v) is 5.85. The zero-order valence-corrected chi connectivity index (χ0v) is 10.5. The fraction of sp³-hybridized carbons (Fsp3) is 0.909. The van der Waals surface area contributed by atoms with Crippen molar-refractivity contribution in [2.24, 2.45) is 5.41 Å². The zero-order chi connectivity index (χ0) is 12.5. The molecule has 1 rings (SSSR count). The van der Waals surface area contributed by atoms with Crippen LogP contribution in [0.1, 0.15) is 33.6 Å². The van der Waals surface area contributed by atoms with Crippen molar-refractivity contribution in [1.82, 2.24) is 5.32 Å². The van der Waals surface area contributed by atoms with Gasteiger partial charge in [0, 0.05) is 5.41 Å². The number of nitrogens with one attached hydrogen (secondary N) is 1. The van der Waals surface area contributed by atoms with E-state index in [9.17, 15) is 13.6 Å². The summed E-state index contributed by atoms with van der Waals surface area (Å²) in [6.45, 7) is 5.38. The molecule has 16 heavy (non-hydrogen) atoms. The minimum absolute atomic E-state index is 0.0262. The minimum Gasteiger partial charge on any atom is -0.298 e. The van der Waals surface area contributed by atoms with Crippen LogP contribution in [0.15, 0.2) is 0 Å². The van der Waals surface area contributed by atoms with Gasteiger partial charge in [-0.2, -0.15) is 0 Å². The maximum absolute atomic E-state index is 12.6. The Labute approximate surface area is 99.7 Å². The molecular formula is C11H18ClF2NO. The first-order valence-electron chi connectivity index (χ1n) is 5.46. The van der Waals surface area contributed by atoms with Crippen LogP contribution < -0.4 is 5.32 Å². The van der Waals surface area contributed by atoms with E-state index in [0.29, 0.717) is 12.8 Å². The third-order valence-corrected chi connectivity index (χ3v) is 3.33.